The lowest BCUT2D eigenvalue weighted by molar-refractivity contribution is -0.127. The maximum atomic E-state index is 13.1. The van der Waals surface area contributed by atoms with Crippen LogP contribution in [0.4, 0.5) is 0 Å². The molecule has 0 spiro atoms. The zero-order chi connectivity index (χ0) is 20.3. The molecule has 1 aliphatic carbocycles. The summed E-state index contributed by atoms with van der Waals surface area (Å²) in [5.74, 6) is 0.0673. The smallest absolute Gasteiger partial charge is 0.243 e. The minimum Gasteiger partial charge on any atom is -0.352 e. The maximum Gasteiger partial charge on any atom is 0.243 e. The fourth-order valence-electron chi connectivity index (χ4n) is 4.19. The van der Waals surface area contributed by atoms with Crippen LogP contribution in [0.2, 0.25) is 0 Å². The number of rotatable bonds is 5. The van der Waals surface area contributed by atoms with Crippen molar-refractivity contribution in [2.45, 2.75) is 69.9 Å². The summed E-state index contributed by atoms with van der Waals surface area (Å²) in [6.45, 7) is 7.64. The molecule has 28 heavy (non-hydrogen) atoms. The Hall–Kier alpha value is -1.44. The topological polar surface area (TPSA) is 69.7 Å². The normalized spacial score (nSPS) is 21.4. The summed E-state index contributed by atoms with van der Waals surface area (Å²) >= 11 is 0. The molecule has 1 N–H and O–H groups in total. The number of carbonyl (C=O) groups is 1. The number of piperazine rings is 1. The molecule has 1 amide bonds. The number of amides is 1. The van der Waals surface area contributed by atoms with Crippen molar-refractivity contribution in [3.63, 3.8) is 0 Å². The van der Waals surface area contributed by atoms with Crippen LogP contribution in [-0.4, -0.2) is 61.8 Å². The number of carbonyl (C=O) groups excluding carboxylic acids is 1. The second-order valence-electron chi connectivity index (χ2n) is 8.23. The highest BCUT2D eigenvalue weighted by Crippen LogP contribution is 2.23. The fourth-order valence-corrected chi connectivity index (χ4v) is 5.92. The molecule has 0 unspecified atom stereocenters. The van der Waals surface area contributed by atoms with Gasteiger partial charge in [-0.05, 0) is 50.8 Å². The van der Waals surface area contributed by atoms with Gasteiger partial charge in [0.15, 0.2) is 0 Å². The van der Waals surface area contributed by atoms with Crippen LogP contribution in [0.5, 0.6) is 0 Å². The van der Waals surface area contributed by atoms with Crippen LogP contribution in [0.1, 0.15) is 50.2 Å². The molecule has 0 aromatic heterocycles. The lowest BCUT2D eigenvalue weighted by atomic mass is 9.95. The predicted molar refractivity (Wildman–Crippen MR) is 111 cm³/mol. The summed E-state index contributed by atoms with van der Waals surface area (Å²) in [6, 6.07) is 5.61. The van der Waals surface area contributed by atoms with Gasteiger partial charge in [0.25, 0.3) is 0 Å². The number of hydrogen-bond donors (Lipinski definition) is 1. The lowest BCUT2D eigenvalue weighted by Gasteiger charge is -2.37. The van der Waals surface area contributed by atoms with Crippen LogP contribution in [0.15, 0.2) is 23.1 Å². The molecule has 1 aromatic carbocycles. The Labute approximate surface area is 169 Å². The molecular weight excluding hydrogens is 374 g/mol. The van der Waals surface area contributed by atoms with Crippen molar-refractivity contribution in [1.82, 2.24) is 14.5 Å². The van der Waals surface area contributed by atoms with Gasteiger partial charge in [-0.1, -0.05) is 31.4 Å². The van der Waals surface area contributed by atoms with Crippen molar-refractivity contribution in [2.24, 2.45) is 0 Å². The Balaban J connectivity index is 1.58. The summed E-state index contributed by atoms with van der Waals surface area (Å²) in [7, 11) is -3.50. The first-order valence-corrected chi connectivity index (χ1v) is 11.8. The number of nitrogens with zero attached hydrogens (tertiary/aromatic N) is 2. The first kappa shape index (κ1) is 21.3. The third-order valence-corrected chi connectivity index (χ3v) is 8.15. The van der Waals surface area contributed by atoms with Crippen LogP contribution in [0, 0.1) is 13.8 Å². The quantitative estimate of drug-likeness (QED) is 0.814. The van der Waals surface area contributed by atoms with Crippen molar-refractivity contribution in [1.29, 1.82) is 0 Å². The van der Waals surface area contributed by atoms with E-state index in [4.69, 9.17) is 0 Å². The van der Waals surface area contributed by atoms with E-state index in [2.05, 4.69) is 10.2 Å². The summed E-state index contributed by atoms with van der Waals surface area (Å²) in [5, 5.41) is 3.18. The zero-order valence-electron chi connectivity index (χ0n) is 17.3. The van der Waals surface area contributed by atoms with E-state index in [-0.39, 0.29) is 11.9 Å². The summed E-state index contributed by atoms with van der Waals surface area (Å²) < 4.78 is 27.7. The summed E-state index contributed by atoms with van der Waals surface area (Å²) in [4.78, 5) is 15.1. The molecule has 1 aromatic rings. The number of benzene rings is 1. The molecule has 2 aliphatic rings. The number of nitrogens with one attached hydrogen (secondary N) is 1. The van der Waals surface area contributed by atoms with Crippen LogP contribution in [0.3, 0.4) is 0 Å². The SMILES string of the molecule is Cc1ccc(C)c(S(=O)(=O)N2CCN([C@@H](C)C(=O)NC3CCCCC3)CC2)c1. The molecule has 1 saturated carbocycles. The molecule has 156 valence electrons. The van der Waals surface area contributed by atoms with Crippen LogP contribution < -0.4 is 5.32 Å². The number of aryl methyl sites for hydroxylation is 2. The van der Waals surface area contributed by atoms with E-state index in [9.17, 15) is 13.2 Å². The third kappa shape index (κ3) is 4.75. The van der Waals surface area contributed by atoms with Crippen molar-refractivity contribution < 1.29 is 13.2 Å². The van der Waals surface area contributed by atoms with Gasteiger partial charge in [0.1, 0.15) is 0 Å². The largest absolute Gasteiger partial charge is 0.352 e. The molecule has 3 rings (SSSR count). The van der Waals surface area contributed by atoms with Gasteiger partial charge in [-0.3, -0.25) is 9.69 Å². The van der Waals surface area contributed by atoms with Gasteiger partial charge in [-0.15, -0.1) is 0 Å². The minimum atomic E-state index is -3.50. The molecule has 1 heterocycles. The standard InChI is InChI=1S/C21H33N3O3S/c1-16-9-10-17(2)20(15-16)28(26,27)24-13-11-23(12-14-24)18(3)21(25)22-19-7-5-4-6-8-19/h9-10,15,18-19H,4-8,11-14H2,1-3H3,(H,22,25)/t18-/m0/s1. The van der Waals surface area contributed by atoms with E-state index in [1.165, 1.54) is 19.3 Å². The summed E-state index contributed by atoms with van der Waals surface area (Å²) in [5.41, 5.74) is 1.71. The molecule has 0 bridgehead atoms. The Morgan fingerprint density at radius 3 is 2.36 bits per heavy atom. The first-order valence-electron chi connectivity index (χ1n) is 10.4. The molecule has 2 fully saturated rings. The lowest BCUT2D eigenvalue weighted by Crippen LogP contribution is -2.56. The van der Waals surface area contributed by atoms with Gasteiger partial charge in [-0.25, -0.2) is 8.42 Å². The maximum absolute atomic E-state index is 13.1. The van der Waals surface area contributed by atoms with Gasteiger partial charge < -0.3 is 5.32 Å². The average molecular weight is 408 g/mol. The summed E-state index contributed by atoms with van der Waals surface area (Å²) in [6.07, 6.45) is 5.78. The highest BCUT2D eigenvalue weighted by Gasteiger charge is 2.33. The number of hydrogen-bond acceptors (Lipinski definition) is 4. The predicted octanol–water partition coefficient (Wildman–Crippen LogP) is 2.45. The highest BCUT2D eigenvalue weighted by atomic mass is 32.2. The van der Waals surface area contributed by atoms with Crippen LogP contribution >= 0.6 is 0 Å². The minimum absolute atomic E-state index is 0.0673. The molecule has 1 aliphatic heterocycles. The van der Waals surface area contributed by atoms with E-state index in [1.807, 2.05) is 32.9 Å². The van der Waals surface area contributed by atoms with Gasteiger partial charge in [0.05, 0.1) is 10.9 Å². The van der Waals surface area contributed by atoms with Gasteiger partial charge >= 0.3 is 0 Å². The third-order valence-electron chi connectivity index (χ3n) is 6.11. The highest BCUT2D eigenvalue weighted by molar-refractivity contribution is 7.89. The van der Waals surface area contributed by atoms with E-state index in [0.29, 0.717) is 37.1 Å². The molecule has 0 radical (unpaired) electrons. The van der Waals surface area contributed by atoms with Crippen LogP contribution in [0.25, 0.3) is 0 Å². The second kappa shape index (κ2) is 8.93. The Morgan fingerprint density at radius 1 is 1.07 bits per heavy atom. The van der Waals surface area contributed by atoms with Crippen molar-refractivity contribution in [2.75, 3.05) is 26.2 Å². The monoisotopic (exact) mass is 407 g/mol. The molecule has 7 heteroatoms. The van der Waals surface area contributed by atoms with Crippen molar-refractivity contribution in [3.05, 3.63) is 29.3 Å². The van der Waals surface area contributed by atoms with Gasteiger partial charge in [-0.2, -0.15) is 4.31 Å². The molecule has 1 atom stereocenters. The van der Waals surface area contributed by atoms with Crippen molar-refractivity contribution in [3.8, 4) is 0 Å². The van der Waals surface area contributed by atoms with E-state index in [1.54, 1.807) is 10.4 Å². The average Bonchev–Trinajstić information content (AvgIpc) is 2.70. The first-order chi connectivity index (χ1) is 13.3. The Bertz CT molecular complexity index is 795. The van der Waals surface area contributed by atoms with E-state index in [0.717, 1.165) is 24.0 Å². The van der Waals surface area contributed by atoms with Gasteiger partial charge in [0, 0.05) is 32.2 Å². The Morgan fingerprint density at radius 2 is 1.71 bits per heavy atom. The molecular formula is C21H33N3O3S. The van der Waals surface area contributed by atoms with Gasteiger partial charge in [0.2, 0.25) is 15.9 Å². The fraction of sp³-hybridized carbons (Fsp3) is 0.667. The van der Waals surface area contributed by atoms with E-state index >= 15 is 0 Å². The molecule has 1 saturated heterocycles. The van der Waals surface area contributed by atoms with Crippen LogP contribution in [-0.2, 0) is 14.8 Å². The number of sulfonamides is 1. The second-order valence-corrected chi connectivity index (χ2v) is 10.1. The van der Waals surface area contributed by atoms with Crippen molar-refractivity contribution >= 4 is 15.9 Å². The molecule has 6 nitrogen and oxygen atoms in total. The Kier molecular flexibility index (Phi) is 6.78. The van der Waals surface area contributed by atoms with E-state index < -0.39 is 10.0 Å². The zero-order valence-corrected chi connectivity index (χ0v) is 18.1.